The third kappa shape index (κ3) is 3.27. The zero-order valence-corrected chi connectivity index (χ0v) is 14.4. The number of fused-ring (bicyclic) bond motifs is 1. The third-order valence-corrected chi connectivity index (χ3v) is 4.82. The molecule has 3 heterocycles. The highest BCUT2D eigenvalue weighted by molar-refractivity contribution is 6.32. The molecule has 0 amide bonds. The molecule has 2 aromatic rings. The Morgan fingerprint density at radius 1 is 1.43 bits per heavy atom. The van der Waals surface area contributed by atoms with Gasteiger partial charge in [-0.15, -0.1) is 5.10 Å². The molecular formula is C15H23ClN6O. The molecule has 1 fully saturated rings. The number of aliphatic hydroxyl groups is 1. The summed E-state index contributed by atoms with van der Waals surface area (Å²) in [5.41, 5.74) is 0.700. The molecule has 8 heteroatoms. The molecule has 7 nitrogen and oxygen atoms in total. The van der Waals surface area contributed by atoms with Crippen LogP contribution in [0.1, 0.15) is 38.9 Å². The number of imidazole rings is 1. The molecule has 0 aliphatic carbocycles. The van der Waals surface area contributed by atoms with E-state index in [1.165, 1.54) is 0 Å². The van der Waals surface area contributed by atoms with E-state index in [9.17, 15) is 5.11 Å². The molecule has 3 atom stereocenters. The predicted molar refractivity (Wildman–Crippen MR) is 89.9 cm³/mol. The van der Waals surface area contributed by atoms with E-state index in [1.807, 2.05) is 0 Å². The Balaban J connectivity index is 1.92. The molecule has 1 aliphatic heterocycles. The number of halogens is 1. The Morgan fingerprint density at radius 2 is 2.22 bits per heavy atom. The monoisotopic (exact) mass is 338 g/mol. The van der Waals surface area contributed by atoms with E-state index in [0.29, 0.717) is 29.1 Å². The van der Waals surface area contributed by atoms with E-state index >= 15 is 0 Å². The molecule has 126 valence electrons. The number of β-amino-alcohol motifs (C(OH)–C–C–N with tert-alkyl or cyclic N) is 1. The Bertz CT molecular complexity index is 688. The summed E-state index contributed by atoms with van der Waals surface area (Å²) < 4.78 is 1.76. The van der Waals surface area contributed by atoms with Crippen LogP contribution in [0.5, 0.6) is 0 Å². The van der Waals surface area contributed by atoms with Gasteiger partial charge >= 0.3 is 0 Å². The fourth-order valence-corrected chi connectivity index (χ4v) is 2.92. The highest BCUT2D eigenvalue weighted by Crippen LogP contribution is 2.27. The maximum atomic E-state index is 10.0. The van der Waals surface area contributed by atoms with Gasteiger partial charge in [0.05, 0.1) is 18.3 Å². The Hall–Kier alpha value is -1.44. The van der Waals surface area contributed by atoms with Gasteiger partial charge in [0.2, 0.25) is 5.95 Å². The van der Waals surface area contributed by atoms with Crippen molar-refractivity contribution in [2.75, 3.05) is 18.4 Å². The molecule has 0 radical (unpaired) electrons. The van der Waals surface area contributed by atoms with Crippen LogP contribution in [0.25, 0.3) is 5.52 Å². The van der Waals surface area contributed by atoms with Crippen molar-refractivity contribution in [2.45, 2.75) is 45.3 Å². The second kappa shape index (κ2) is 6.59. The quantitative estimate of drug-likeness (QED) is 0.786. The van der Waals surface area contributed by atoms with E-state index in [0.717, 1.165) is 18.8 Å². The first-order valence-electron chi connectivity index (χ1n) is 8.04. The second-order valence-corrected chi connectivity index (χ2v) is 6.84. The largest absolute Gasteiger partial charge is 0.390 e. The average molecular weight is 339 g/mol. The third-order valence-electron chi connectivity index (χ3n) is 4.54. The highest BCUT2D eigenvalue weighted by Gasteiger charge is 2.24. The van der Waals surface area contributed by atoms with Crippen LogP contribution in [0.4, 0.5) is 5.95 Å². The number of aliphatic hydroxyl groups excluding tert-OH is 1. The highest BCUT2D eigenvalue weighted by atomic mass is 35.5. The van der Waals surface area contributed by atoms with Crippen molar-refractivity contribution in [3.05, 3.63) is 17.2 Å². The van der Waals surface area contributed by atoms with E-state index in [1.54, 1.807) is 10.7 Å². The first-order valence-corrected chi connectivity index (χ1v) is 8.41. The number of nitrogens with one attached hydrogen (secondary N) is 2. The van der Waals surface area contributed by atoms with Gasteiger partial charge in [0, 0.05) is 12.5 Å². The fourth-order valence-electron chi connectivity index (χ4n) is 2.71. The van der Waals surface area contributed by atoms with Crippen molar-refractivity contribution in [1.82, 2.24) is 24.9 Å². The number of nitrogens with zero attached hydrogens (tertiary/aromatic N) is 4. The van der Waals surface area contributed by atoms with Crippen LogP contribution in [-0.2, 0) is 0 Å². The van der Waals surface area contributed by atoms with E-state index in [-0.39, 0.29) is 12.0 Å². The standard InChI is InChI=1S/C15H23ClN6O/c1-8(2)9(3)14-20-13(16)11-6-18-15(21-22(11)14)19-10-4-5-17-7-12(10)23/h6,8-10,12,17,23H,4-5,7H2,1-3H3,(H,19,21)/t9?,10-,12-/m1/s1. The van der Waals surface area contributed by atoms with Crippen LogP contribution in [0.3, 0.4) is 0 Å². The van der Waals surface area contributed by atoms with Crippen molar-refractivity contribution in [2.24, 2.45) is 5.92 Å². The minimum atomic E-state index is -0.455. The smallest absolute Gasteiger partial charge is 0.241 e. The summed E-state index contributed by atoms with van der Waals surface area (Å²) in [7, 11) is 0. The molecule has 0 bridgehead atoms. The lowest BCUT2D eigenvalue weighted by atomic mass is 9.98. The van der Waals surface area contributed by atoms with Crippen molar-refractivity contribution < 1.29 is 5.11 Å². The van der Waals surface area contributed by atoms with Gasteiger partial charge in [-0.2, -0.15) is 0 Å². The zero-order chi connectivity index (χ0) is 16.6. The second-order valence-electron chi connectivity index (χ2n) is 6.48. The summed E-state index contributed by atoms with van der Waals surface area (Å²) in [6, 6.07) is -0.0568. The molecule has 2 aromatic heterocycles. The average Bonchev–Trinajstić information content (AvgIpc) is 2.85. The minimum Gasteiger partial charge on any atom is -0.390 e. The lowest BCUT2D eigenvalue weighted by molar-refractivity contribution is 0.128. The van der Waals surface area contributed by atoms with Gasteiger partial charge in [-0.25, -0.2) is 14.5 Å². The van der Waals surface area contributed by atoms with Crippen molar-refractivity contribution in [3.8, 4) is 0 Å². The number of anilines is 1. The molecule has 0 spiro atoms. The fraction of sp³-hybridized carbons (Fsp3) is 0.667. The van der Waals surface area contributed by atoms with Crippen LogP contribution in [0.15, 0.2) is 6.20 Å². The van der Waals surface area contributed by atoms with E-state index in [2.05, 4.69) is 46.5 Å². The Kier molecular flexibility index (Phi) is 4.70. The van der Waals surface area contributed by atoms with Gasteiger partial charge in [0.1, 0.15) is 11.3 Å². The summed E-state index contributed by atoms with van der Waals surface area (Å²) in [4.78, 5) is 8.77. The van der Waals surface area contributed by atoms with Crippen LogP contribution >= 0.6 is 11.6 Å². The van der Waals surface area contributed by atoms with Gasteiger partial charge in [-0.1, -0.05) is 32.4 Å². The van der Waals surface area contributed by atoms with Crippen LogP contribution in [0, 0.1) is 5.92 Å². The van der Waals surface area contributed by atoms with Crippen LogP contribution in [0.2, 0.25) is 5.15 Å². The summed E-state index contributed by atoms with van der Waals surface area (Å²) in [5, 5.41) is 21.4. The van der Waals surface area contributed by atoms with Gasteiger partial charge in [0.15, 0.2) is 5.15 Å². The summed E-state index contributed by atoms with van der Waals surface area (Å²) in [6.07, 6.45) is 2.04. The van der Waals surface area contributed by atoms with Crippen LogP contribution < -0.4 is 10.6 Å². The summed E-state index contributed by atoms with van der Waals surface area (Å²) in [5.74, 6) is 1.96. The van der Waals surface area contributed by atoms with Crippen LogP contribution in [-0.4, -0.2) is 49.9 Å². The first-order chi connectivity index (χ1) is 11.0. The first kappa shape index (κ1) is 16.4. The molecule has 0 aromatic carbocycles. The Morgan fingerprint density at radius 3 is 2.91 bits per heavy atom. The van der Waals surface area contributed by atoms with E-state index < -0.39 is 6.10 Å². The normalized spacial score (nSPS) is 23.4. The van der Waals surface area contributed by atoms with Crippen molar-refractivity contribution in [3.63, 3.8) is 0 Å². The number of piperidine rings is 1. The van der Waals surface area contributed by atoms with E-state index in [4.69, 9.17) is 11.6 Å². The van der Waals surface area contributed by atoms with Gasteiger partial charge < -0.3 is 15.7 Å². The SMILES string of the molecule is CC(C)C(C)c1nc(Cl)c2cnc(N[C@@H]3CCNC[C@H]3O)nn12. The topological polar surface area (TPSA) is 87.4 Å². The molecule has 1 unspecified atom stereocenters. The Labute approximate surface area is 140 Å². The van der Waals surface area contributed by atoms with Crippen molar-refractivity contribution in [1.29, 1.82) is 0 Å². The number of hydrogen-bond acceptors (Lipinski definition) is 6. The van der Waals surface area contributed by atoms with Crippen molar-refractivity contribution >= 4 is 23.1 Å². The molecule has 0 saturated carbocycles. The number of aromatic nitrogens is 4. The van der Waals surface area contributed by atoms with Gasteiger partial charge in [-0.3, -0.25) is 0 Å². The predicted octanol–water partition coefficient (Wildman–Crippen LogP) is 1.67. The molecule has 23 heavy (non-hydrogen) atoms. The number of hydrogen-bond donors (Lipinski definition) is 3. The maximum Gasteiger partial charge on any atom is 0.241 e. The van der Waals surface area contributed by atoms with Gasteiger partial charge in [0.25, 0.3) is 0 Å². The lowest BCUT2D eigenvalue weighted by Gasteiger charge is -2.28. The zero-order valence-electron chi connectivity index (χ0n) is 13.6. The lowest BCUT2D eigenvalue weighted by Crippen LogP contribution is -2.47. The molecule has 1 aliphatic rings. The summed E-state index contributed by atoms with van der Waals surface area (Å²) >= 11 is 6.21. The van der Waals surface area contributed by atoms with Gasteiger partial charge in [-0.05, 0) is 18.9 Å². The molecular weight excluding hydrogens is 316 g/mol. The molecule has 3 N–H and O–H groups in total. The molecule has 3 rings (SSSR count). The number of rotatable bonds is 4. The maximum absolute atomic E-state index is 10.0. The molecule has 1 saturated heterocycles. The minimum absolute atomic E-state index is 0.0568. The summed E-state index contributed by atoms with van der Waals surface area (Å²) in [6.45, 7) is 7.84.